The number of phenolic OH excluding ortho intramolecular Hbond substituents is 1. The molecular weight excluding hydrogens is 492 g/mol. The van der Waals surface area contributed by atoms with E-state index in [1.165, 1.54) is 24.7 Å². The number of H-pyrrole nitrogens is 1. The van der Waals surface area contributed by atoms with Gasteiger partial charge in [0.05, 0.1) is 12.4 Å². The zero-order valence-corrected chi connectivity index (χ0v) is 22.1. The predicted octanol–water partition coefficient (Wildman–Crippen LogP) is 0.469. The van der Waals surface area contributed by atoms with Crippen LogP contribution in [0.3, 0.4) is 0 Å². The molecule has 1 aromatic heterocycles. The van der Waals surface area contributed by atoms with Crippen LogP contribution < -0.4 is 21.7 Å². The van der Waals surface area contributed by atoms with Crippen LogP contribution in [0.5, 0.6) is 5.75 Å². The second-order valence-electron chi connectivity index (χ2n) is 9.76. The van der Waals surface area contributed by atoms with Gasteiger partial charge in [-0.25, -0.2) is 9.78 Å². The van der Waals surface area contributed by atoms with Crippen LogP contribution in [0.25, 0.3) is 0 Å². The molecule has 12 heteroatoms. The first-order chi connectivity index (χ1) is 17.9. The minimum Gasteiger partial charge on any atom is -0.508 e. The van der Waals surface area contributed by atoms with Crippen molar-refractivity contribution in [2.24, 2.45) is 17.6 Å². The first kappa shape index (κ1) is 30.3. The third kappa shape index (κ3) is 8.87. The summed E-state index contributed by atoms with van der Waals surface area (Å²) in [7, 11) is 0. The Morgan fingerprint density at radius 3 is 2.11 bits per heavy atom. The van der Waals surface area contributed by atoms with Crippen LogP contribution in [0.15, 0.2) is 36.8 Å². The highest BCUT2D eigenvalue weighted by Crippen LogP contribution is 2.12. The van der Waals surface area contributed by atoms with Crippen molar-refractivity contribution in [3.63, 3.8) is 0 Å². The summed E-state index contributed by atoms with van der Waals surface area (Å²) >= 11 is 0. The van der Waals surface area contributed by atoms with Gasteiger partial charge in [-0.3, -0.25) is 14.4 Å². The van der Waals surface area contributed by atoms with Gasteiger partial charge in [0.1, 0.15) is 23.9 Å². The van der Waals surface area contributed by atoms with Crippen LogP contribution in [0, 0.1) is 11.8 Å². The van der Waals surface area contributed by atoms with E-state index in [9.17, 15) is 29.4 Å². The second kappa shape index (κ2) is 14.1. The molecule has 1 heterocycles. The Morgan fingerprint density at radius 1 is 0.947 bits per heavy atom. The van der Waals surface area contributed by atoms with E-state index in [2.05, 4.69) is 25.9 Å². The number of hydrogen-bond donors (Lipinski definition) is 7. The summed E-state index contributed by atoms with van der Waals surface area (Å²) in [6.45, 7) is 7.01. The van der Waals surface area contributed by atoms with Crippen molar-refractivity contribution < 1.29 is 29.4 Å². The highest BCUT2D eigenvalue weighted by molar-refractivity contribution is 5.94. The van der Waals surface area contributed by atoms with Gasteiger partial charge in [0, 0.05) is 18.3 Å². The van der Waals surface area contributed by atoms with Crippen molar-refractivity contribution >= 4 is 23.7 Å². The molecule has 0 aliphatic rings. The molecule has 3 amide bonds. The number of aliphatic carboxylic acids is 1. The lowest BCUT2D eigenvalue weighted by molar-refractivity contribution is -0.143. The average molecular weight is 531 g/mol. The monoisotopic (exact) mass is 530 g/mol. The fourth-order valence-electron chi connectivity index (χ4n) is 3.80. The van der Waals surface area contributed by atoms with Crippen molar-refractivity contribution in [1.29, 1.82) is 0 Å². The van der Waals surface area contributed by atoms with Gasteiger partial charge in [-0.15, -0.1) is 0 Å². The summed E-state index contributed by atoms with van der Waals surface area (Å²) in [4.78, 5) is 57.8. The van der Waals surface area contributed by atoms with Gasteiger partial charge in [0.15, 0.2) is 0 Å². The number of carbonyl (C=O) groups is 4. The normalized spacial score (nSPS) is 15.1. The number of imidazole rings is 1. The molecular formula is C26H38N6O6. The number of carbonyl (C=O) groups excluding carboxylic acids is 3. The first-order valence-electron chi connectivity index (χ1n) is 12.6. The van der Waals surface area contributed by atoms with Crippen LogP contribution in [-0.4, -0.2) is 68.0 Å². The molecule has 2 aromatic rings. The molecule has 1 aromatic carbocycles. The Bertz CT molecular complexity index is 1070. The lowest BCUT2D eigenvalue weighted by Crippen LogP contribution is -2.59. The van der Waals surface area contributed by atoms with E-state index < -0.39 is 47.9 Å². The quantitative estimate of drug-likeness (QED) is 0.183. The van der Waals surface area contributed by atoms with Crippen molar-refractivity contribution in [2.75, 3.05) is 0 Å². The number of rotatable bonds is 14. The molecule has 0 saturated heterocycles. The van der Waals surface area contributed by atoms with E-state index in [4.69, 9.17) is 5.73 Å². The molecule has 8 N–H and O–H groups in total. The van der Waals surface area contributed by atoms with E-state index in [-0.39, 0.29) is 30.4 Å². The Kier molecular flexibility index (Phi) is 11.3. The van der Waals surface area contributed by atoms with E-state index >= 15 is 0 Å². The van der Waals surface area contributed by atoms with Crippen molar-refractivity contribution in [2.45, 2.75) is 71.1 Å². The maximum Gasteiger partial charge on any atom is 0.326 e. The molecule has 0 aliphatic heterocycles. The Morgan fingerprint density at radius 2 is 1.58 bits per heavy atom. The van der Waals surface area contributed by atoms with Crippen LogP contribution in [0.4, 0.5) is 0 Å². The van der Waals surface area contributed by atoms with Gasteiger partial charge in [-0.1, -0.05) is 46.2 Å². The lowest BCUT2D eigenvalue weighted by Gasteiger charge is -2.27. The number of amides is 3. The largest absolute Gasteiger partial charge is 0.508 e. The molecule has 0 radical (unpaired) electrons. The molecule has 0 bridgehead atoms. The number of carboxylic acid groups (broad SMARTS) is 1. The third-order valence-electron chi connectivity index (χ3n) is 6.36. The number of nitrogens with one attached hydrogen (secondary N) is 4. The molecule has 0 spiro atoms. The van der Waals surface area contributed by atoms with E-state index in [0.717, 1.165) is 5.56 Å². The van der Waals surface area contributed by atoms with Crippen LogP contribution in [0.2, 0.25) is 0 Å². The first-order valence-corrected chi connectivity index (χ1v) is 12.6. The number of benzene rings is 1. The summed E-state index contributed by atoms with van der Waals surface area (Å²) in [5, 5.41) is 26.9. The standard InChI is InChI=1S/C26H38N6O6/c1-5-15(4)22(26(37)38)32-24(35)20(11-17-12-28-13-29-17)30-25(36)21(14(2)3)31-23(34)19(27)10-16-6-8-18(33)9-7-16/h6-9,12-15,19-22,33H,5,10-11,27H2,1-4H3,(H,28,29)(H,30,36)(H,31,34)(H,32,35)(H,37,38). The zero-order chi connectivity index (χ0) is 28.4. The number of aromatic nitrogens is 2. The fraction of sp³-hybridized carbons (Fsp3) is 0.500. The molecule has 0 fully saturated rings. The minimum absolute atomic E-state index is 0.0313. The number of carboxylic acids is 1. The molecule has 0 aliphatic carbocycles. The molecule has 38 heavy (non-hydrogen) atoms. The minimum atomic E-state index is -1.17. The highest BCUT2D eigenvalue weighted by Gasteiger charge is 2.33. The zero-order valence-electron chi connectivity index (χ0n) is 22.1. The van der Waals surface area contributed by atoms with Gasteiger partial charge in [0.2, 0.25) is 17.7 Å². The molecule has 2 rings (SSSR count). The number of aromatic amines is 1. The SMILES string of the molecule is CCC(C)C(NC(=O)C(Cc1cnc[nH]1)NC(=O)C(NC(=O)C(N)Cc1ccc(O)cc1)C(C)C)C(=O)O. The fourth-order valence-corrected chi connectivity index (χ4v) is 3.80. The van der Waals surface area contributed by atoms with Crippen LogP contribution in [0.1, 0.15) is 45.4 Å². The highest BCUT2D eigenvalue weighted by atomic mass is 16.4. The van der Waals surface area contributed by atoms with Crippen molar-refractivity contribution in [1.82, 2.24) is 25.9 Å². The van der Waals surface area contributed by atoms with Gasteiger partial charge in [-0.05, 0) is 36.0 Å². The summed E-state index contributed by atoms with van der Waals surface area (Å²) < 4.78 is 0. The molecule has 12 nitrogen and oxygen atoms in total. The summed E-state index contributed by atoms with van der Waals surface area (Å²) in [5.74, 6) is -3.59. The summed E-state index contributed by atoms with van der Waals surface area (Å²) in [6, 6.07) is 2.07. The van der Waals surface area contributed by atoms with E-state index in [1.807, 2.05) is 6.92 Å². The molecule has 5 unspecified atom stereocenters. The van der Waals surface area contributed by atoms with Crippen LogP contribution in [-0.2, 0) is 32.0 Å². The Labute approximate surface area is 221 Å². The van der Waals surface area contributed by atoms with Crippen LogP contribution >= 0.6 is 0 Å². The molecule has 5 atom stereocenters. The maximum atomic E-state index is 13.3. The summed E-state index contributed by atoms with van der Waals surface area (Å²) in [6.07, 6.45) is 3.68. The second-order valence-corrected chi connectivity index (χ2v) is 9.76. The van der Waals surface area contributed by atoms with Crippen molar-refractivity contribution in [3.05, 3.63) is 48.0 Å². The number of hydrogen-bond acceptors (Lipinski definition) is 7. The van der Waals surface area contributed by atoms with E-state index in [0.29, 0.717) is 12.1 Å². The maximum absolute atomic E-state index is 13.3. The lowest BCUT2D eigenvalue weighted by atomic mass is 9.98. The molecule has 208 valence electrons. The Balaban J connectivity index is 2.15. The molecule has 0 saturated carbocycles. The number of phenols is 1. The van der Waals surface area contributed by atoms with Gasteiger partial charge in [0.25, 0.3) is 0 Å². The van der Waals surface area contributed by atoms with E-state index in [1.54, 1.807) is 32.9 Å². The predicted molar refractivity (Wildman–Crippen MR) is 140 cm³/mol. The number of nitrogens with two attached hydrogens (primary N) is 1. The van der Waals surface area contributed by atoms with Gasteiger partial charge < -0.3 is 36.9 Å². The average Bonchev–Trinajstić information content (AvgIpc) is 3.38. The topological polar surface area (TPSA) is 200 Å². The van der Waals surface area contributed by atoms with Crippen molar-refractivity contribution in [3.8, 4) is 5.75 Å². The van der Waals surface area contributed by atoms with Gasteiger partial charge >= 0.3 is 5.97 Å². The third-order valence-corrected chi connectivity index (χ3v) is 6.36. The Hall–Kier alpha value is -3.93. The van der Waals surface area contributed by atoms with Gasteiger partial charge in [-0.2, -0.15) is 0 Å². The number of aromatic hydroxyl groups is 1. The summed E-state index contributed by atoms with van der Waals surface area (Å²) in [5.41, 5.74) is 7.36. The number of nitrogens with zero attached hydrogens (tertiary/aromatic N) is 1. The smallest absolute Gasteiger partial charge is 0.326 e.